The highest BCUT2D eigenvalue weighted by molar-refractivity contribution is 7.47. The molecule has 0 aliphatic rings. The number of aliphatic hydroxyl groups excluding tert-OH is 1. The molecule has 3 unspecified atom stereocenters. The summed E-state index contributed by atoms with van der Waals surface area (Å²) in [6, 6.07) is 0. The molecule has 19 heteroatoms. The number of phosphoric acid groups is 2. The molecular weight excluding hydrogens is 1190 g/mol. The molecule has 0 aromatic carbocycles. The number of carbonyl (C=O) groups is 4. The molecule has 0 aromatic rings. The zero-order valence-electron chi connectivity index (χ0n) is 58.4. The molecule has 534 valence electrons. The third kappa shape index (κ3) is 63.5. The Morgan fingerprint density at radius 2 is 0.567 bits per heavy atom. The van der Waals surface area contributed by atoms with E-state index in [1.54, 1.807) is 0 Å². The Balaban J connectivity index is 5.24. The third-order valence-corrected chi connectivity index (χ3v) is 18.7. The third-order valence-electron chi connectivity index (χ3n) is 16.8. The van der Waals surface area contributed by atoms with Crippen LogP contribution in [-0.4, -0.2) is 96.7 Å². The lowest BCUT2D eigenvalue weighted by molar-refractivity contribution is -0.161. The van der Waals surface area contributed by atoms with E-state index in [4.69, 9.17) is 37.0 Å². The number of ether oxygens (including phenoxy) is 4. The average molecular weight is 1330 g/mol. The molecule has 17 nitrogen and oxygen atoms in total. The highest BCUT2D eigenvalue weighted by Crippen LogP contribution is 2.45. The highest BCUT2D eigenvalue weighted by Gasteiger charge is 2.30. The van der Waals surface area contributed by atoms with E-state index in [2.05, 4.69) is 41.5 Å². The summed E-state index contributed by atoms with van der Waals surface area (Å²) in [6.07, 6.45) is 48.6. The van der Waals surface area contributed by atoms with Gasteiger partial charge in [0.05, 0.1) is 26.4 Å². The first-order chi connectivity index (χ1) is 43.4. The lowest BCUT2D eigenvalue weighted by atomic mass is 10.00. The van der Waals surface area contributed by atoms with Crippen LogP contribution in [0.5, 0.6) is 0 Å². The molecule has 6 atom stereocenters. The summed E-state index contributed by atoms with van der Waals surface area (Å²) in [5, 5.41) is 10.6. The van der Waals surface area contributed by atoms with Crippen LogP contribution in [0.4, 0.5) is 0 Å². The summed E-state index contributed by atoms with van der Waals surface area (Å²) in [6.45, 7) is 9.50. The van der Waals surface area contributed by atoms with Crippen LogP contribution in [0.15, 0.2) is 0 Å². The van der Waals surface area contributed by atoms with Gasteiger partial charge in [-0.1, -0.05) is 311 Å². The first kappa shape index (κ1) is 88.1. The zero-order valence-corrected chi connectivity index (χ0v) is 60.2. The first-order valence-electron chi connectivity index (χ1n) is 37.0. The maximum Gasteiger partial charge on any atom is 0.472 e. The molecule has 0 heterocycles. The van der Waals surface area contributed by atoms with Crippen molar-refractivity contribution in [3.8, 4) is 0 Å². The van der Waals surface area contributed by atoms with E-state index in [-0.39, 0.29) is 25.7 Å². The second-order valence-electron chi connectivity index (χ2n) is 26.3. The number of aliphatic hydroxyl groups is 1. The van der Waals surface area contributed by atoms with Gasteiger partial charge in [0.2, 0.25) is 0 Å². The fraction of sp³-hybridized carbons (Fsp3) is 0.944. The van der Waals surface area contributed by atoms with Crippen LogP contribution in [-0.2, 0) is 65.4 Å². The van der Waals surface area contributed by atoms with Gasteiger partial charge in [-0.25, -0.2) is 9.13 Å². The lowest BCUT2D eigenvalue weighted by Gasteiger charge is -2.21. The maximum atomic E-state index is 13.0. The van der Waals surface area contributed by atoms with E-state index in [1.807, 2.05) is 0 Å². The number of esters is 4. The van der Waals surface area contributed by atoms with Crippen molar-refractivity contribution in [2.45, 2.75) is 381 Å². The summed E-state index contributed by atoms with van der Waals surface area (Å²) in [5.74, 6) is -0.648. The van der Waals surface area contributed by atoms with Crippen LogP contribution < -0.4 is 0 Å². The lowest BCUT2D eigenvalue weighted by Crippen LogP contribution is -2.30. The number of hydrogen-bond acceptors (Lipinski definition) is 15. The zero-order chi connectivity index (χ0) is 66.5. The van der Waals surface area contributed by atoms with Gasteiger partial charge in [-0.2, -0.15) is 0 Å². The van der Waals surface area contributed by atoms with E-state index < -0.39 is 97.5 Å². The number of phosphoric ester groups is 2. The second kappa shape index (κ2) is 63.1. The van der Waals surface area contributed by atoms with E-state index in [0.29, 0.717) is 25.7 Å². The van der Waals surface area contributed by atoms with Gasteiger partial charge in [-0.05, 0) is 37.5 Å². The molecule has 0 radical (unpaired) electrons. The van der Waals surface area contributed by atoms with Gasteiger partial charge in [0, 0.05) is 25.7 Å². The minimum atomic E-state index is -4.95. The van der Waals surface area contributed by atoms with Gasteiger partial charge in [0.1, 0.15) is 19.3 Å². The number of carbonyl (C=O) groups excluding carboxylic acids is 4. The van der Waals surface area contributed by atoms with E-state index in [9.17, 15) is 43.2 Å². The molecular formula is C71H138O17P2. The molecule has 0 aliphatic heterocycles. The molecule has 0 aliphatic carbocycles. The van der Waals surface area contributed by atoms with Crippen molar-refractivity contribution in [2.24, 2.45) is 11.8 Å². The molecule has 0 aromatic heterocycles. The Hall–Kier alpha value is -1.94. The largest absolute Gasteiger partial charge is 0.472 e. The predicted octanol–water partition coefficient (Wildman–Crippen LogP) is 20.4. The molecule has 0 rings (SSSR count). The number of rotatable bonds is 70. The second-order valence-corrected chi connectivity index (χ2v) is 29.3. The van der Waals surface area contributed by atoms with Gasteiger partial charge in [0.15, 0.2) is 12.2 Å². The monoisotopic (exact) mass is 1320 g/mol. The molecule has 0 spiro atoms. The van der Waals surface area contributed by atoms with E-state index >= 15 is 0 Å². The average Bonchev–Trinajstić information content (AvgIpc) is 3.01. The van der Waals surface area contributed by atoms with Crippen molar-refractivity contribution >= 4 is 39.5 Å². The van der Waals surface area contributed by atoms with E-state index in [1.165, 1.54) is 173 Å². The van der Waals surface area contributed by atoms with Gasteiger partial charge in [-0.15, -0.1) is 0 Å². The van der Waals surface area contributed by atoms with Crippen molar-refractivity contribution in [3.05, 3.63) is 0 Å². The van der Waals surface area contributed by atoms with Crippen LogP contribution in [0, 0.1) is 11.8 Å². The molecule has 0 saturated carbocycles. The Morgan fingerprint density at radius 1 is 0.322 bits per heavy atom. The Morgan fingerprint density at radius 3 is 0.844 bits per heavy atom. The maximum absolute atomic E-state index is 13.0. The van der Waals surface area contributed by atoms with Crippen LogP contribution >= 0.6 is 15.6 Å². The van der Waals surface area contributed by atoms with Crippen molar-refractivity contribution in [1.82, 2.24) is 0 Å². The summed E-state index contributed by atoms with van der Waals surface area (Å²) in [5.41, 5.74) is 0. The van der Waals surface area contributed by atoms with Gasteiger partial charge < -0.3 is 33.8 Å². The van der Waals surface area contributed by atoms with Gasteiger partial charge in [-0.3, -0.25) is 37.3 Å². The minimum Gasteiger partial charge on any atom is -0.462 e. The Labute approximate surface area is 549 Å². The van der Waals surface area contributed by atoms with Crippen LogP contribution in [0.25, 0.3) is 0 Å². The quantitative estimate of drug-likeness (QED) is 0.0222. The minimum absolute atomic E-state index is 0.106. The fourth-order valence-electron chi connectivity index (χ4n) is 10.7. The van der Waals surface area contributed by atoms with Crippen molar-refractivity contribution in [3.63, 3.8) is 0 Å². The van der Waals surface area contributed by atoms with E-state index in [0.717, 1.165) is 108 Å². The molecule has 0 saturated heterocycles. The van der Waals surface area contributed by atoms with Crippen LogP contribution in [0.2, 0.25) is 0 Å². The molecule has 0 bridgehead atoms. The Kier molecular flexibility index (Phi) is 61.8. The topological polar surface area (TPSA) is 237 Å². The summed E-state index contributed by atoms with van der Waals surface area (Å²) < 4.78 is 68.3. The predicted molar refractivity (Wildman–Crippen MR) is 363 cm³/mol. The van der Waals surface area contributed by atoms with Crippen molar-refractivity contribution < 1.29 is 80.2 Å². The van der Waals surface area contributed by atoms with Crippen molar-refractivity contribution in [1.29, 1.82) is 0 Å². The molecule has 0 fully saturated rings. The van der Waals surface area contributed by atoms with Gasteiger partial charge >= 0.3 is 39.5 Å². The highest BCUT2D eigenvalue weighted by atomic mass is 31.2. The SMILES string of the molecule is CCCCCCCCCCCCCCCCCCCC(=O)O[C@H](COC(=O)CCCCCCCCCCCC(C)C)COP(=O)(O)OC[C@@H](O)COP(=O)(O)OC[C@@H](COC(=O)CCCCCCCCC(C)CC)OC(=O)CCCCCCCCCCCCC. The van der Waals surface area contributed by atoms with Crippen molar-refractivity contribution in [2.75, 3.05) is 39.6 Å². The summed E-state index contributed by atoms with van der Waals surface area (Å²) in [4.78, 5) is 72.6. The molecule has 3 N–H and O–H groups in total. The van der Waals surface area contributed by atoms with Crippen LogP contribution in [0.1, 0.15) is 363 Å². The first-order valence-corrected chi connectivity index (χ1v) is 40.0. The number of hydrogen-bond donors (Lipinski definition) is 3. The summed E-state index contributed by atoms with van der Waals surface area (Å²) >= 11 is 0. The summed E-state index contributed by atoms with van der Waals surface area (Å²) in [7, 11) is -9.90. The van der Waals surface area contributed by atoms with Gasteiger partial charge in [0.25, 0.3) is 0 Å². The normalized spacial score (nSPS) is 14.4. The number of unbranched alkanes of at least 4 members (excludes halogenated alkanes) is 39. The standard InChI is InChI=1S/C71H138O17P2/c1-7-10-12-14-16-18-20-21-22-23-24-25-27-31-36-44-50-56-71(76)87-66(59-81-68(73)53-47-41-34-32-28-29-33-39-45-51-63(4)5)61-85-89(77,78)83-57-65(72)58-84-90(79,80)86-62-67(60-82-69(74)54-48-42-38-37-40-46-52-64(6)9-3)88-70(75)55-49-43-35-30-26-19-17-15-13-11-8-2/h63-67,72H,7-62H2,1-6H3,(H,77,78)(H,79,80)/t64?,65-,66-,67-/m1/s1. The smallest absolute Gasteiger partial charge is 0.462 e. The Bertz CT molecular complexity index is 1750. The van der Waals surface area contributed by atoms with Crippen LogP contribution in [0.3, 0.4) is 0 Å². The molecule has 0 amide bonds. The molecule has 90 heavy (non-hydrogen) atoms. The fourth-order valence-corrected chi connectivity index (χ4v) is 12.3.